The minimum atomic E-state index is -4.92. The maximum atomic E-state index is 12.1. The molecule has 0 spiro atoms. The zero-order valence-corrected chi connectivity index (χ0v) is 11.9. The van der Waals surface area contributed by atoms with Gasteiger partial charge < -0.3 is 10.6 Å². The van der Waals surface area contributed by atoms with Crippen LogP contribution in [-0.4, -0.2) is 18.0 Å². The molecule has 0 aliphatic carbocycles. The summed E-state index contributed by atoms with van der Waals surface area (Å²) in [6.07, 6.45) is -4.92. The van der Waals surface area contributed by atoms with Gasteiger partial charge in [0, 0.05) is 12.2 Å². The molecule has 22 heavy (non-hydrogen) atoms. The van der Waals surface area contributed by atoms with Gasteiger partial charge in [-0.05, 0) is 29.1 Å². The highest BCUT2D eigenvalue weighted by atomic mass is 32.1. The zero-order chi connectivity index (χ0) is 16.2. The number of alkyl halides is 3. The Morgan fingerprint density at radius 2 is 1.77 bits per heavy atom. The summed E-state index contributed by atoms with van der Waals surface area (Å²) in [5.41, 5.74) is 0.741. The average Bonchev–Trinajstić information content (AvgIpc) is 2.99. The van der Waals surface area contributed by atoms with E-state index in [2.05, 4.69) is 5.32 Å². The van der Waals surface area contributed by atoms with E-state index in [0.29, 0.717) is 10.4 Å². The zero-order valence-electron chi connectivity index (χ0n) is 11.1. The van der Waals surface area contributed by atoms with Crippen molar-refractivity contribution in [3.63, 3.8) is 0 Å². The second kappa shape index (κ2) is 6.61. The molecule has 2 aromatic rings. The molecule has 0 saturated carbocycles. The van der Waals surface area contributed by atoms with Crippen LogP contribution in [0.5, 0.6) is 0 Å². The van der Waals surface area contributed by atoms with Gasteiger partial charge in [-0.3, -0.25) is 9.59 Å². The first-order valence-corrected chi connectivity index (χ1v) is 7.03. The highest BCUT2D eigenvalue weighted by Crippen LogP contribution is 2.18. The number of halogens is 3. The minimum Gasteiger partial charge on any atom is -0.347 e. The molecule has 0 atom stereocenters. The number of anilines is 1. The first-order valence-electron chi connectivity index (χ1n) is 6.15. The van der Waals surface area contributed by atoms with Crippen LogP contribution in [0.2, 0.25) is 0 Å². The lowest BCUT2D eigenvalue weighted by molar-refractivity contribution is -0.167. The minimum absolute atomic E-state index is 0.0376. The highest BCUT2D eigenvalue weighted by molar-refractivity contribution is 7.12. The average molecular weight is 328 g/mol. The van der Waals surface area contributed by atoms with Crippen LogP contribution >= 0.6 is 11.3 Å². The predicted molar refractivity (Wildman–Crippen MR) is 76.6 cm³/mol. The number of hydrogen-bond acceptors (Lipinski definition) is 3. The van der Waals surface area contributed by atoms with Gasteiger partial charge in [0.25, 0.3) is 5.91 Å². The van der Waals surface area contributed by atoms with Gasteiger partial charge in [-0.1, -0.05) is 18.2 Å². The van der Waals surface area contributed by atoms with E-state index < -0.39 is 12.1 Å². The molecule has 0 aliphatic rings. The number of benzene rings is 1. The third-order valence-corrected chi connectivity index (χ3v) is 3.54. The lowest BCUT2D eigenvalue weighted by Crippen LogP contribution is -2.29. The van der Waals surface area contributed by atoms with E-state index >= 15 is 0 Å². The van der Waals surface area contributed by atoms with Crippen LogP contribution in [0.1, 0.15) is 15.2 Å². The van der Waals surface area contributed by atoms with Gasteiger partial charge in [-0.2, -0.15) is 13.2 Å². The van der Waals surface area contributed by atoms with Crippen LogP contribution < -0.4 is 10.6 Å². The van der Waals surface area contributed by atoms with E-state index in [9.17, 15) is 22.8 Å². The largest absolute Gasteiger partial charge is 0.471 e. The van der Waals surface area contributed by atoms with Crippen molar-refractivity contribution in [1.29, 1.82) is 0 Å². The van der Waals surface area contributed by atoms with Gasteiger partial charge in [-0.15, -0.1) is 11.3 Å². The molecule has 0 bridgehead atoms. The summed E-state index contributed by atoms with van der Waals surface area (Å²) in [5, 5.41) is 6.22. The standard InChI is InChI=1S/C14H11F3N2O2S/c15-14(16,17)13(21)19-10-5-3-9(4-6-10)8-18-12(20)11-2-1-7-22-11/h1-7H,8H2,(H,18,20)(H,19,21). The number of hydrogen-bond donors (Lipinski definition) is 2. The van der Waals surface area contributed by atoms with Crippen LogP contribution in [0.25, 0.3) is 0 Å². The molecular weight excluding hydrogens is 317 g/mol. The molecule has 8 heteroatoms. The third kappa shape index (κ3) is 4.32. The smallest absolute Gasteiger partial charge is 0.347 e. The quantitative estimate of drug-likeness (QED) is 0.906. The van der Waals surface area contributed by atoms with Gasteiger partial charge in [0.1, 0.15) is 0 Å². The van der Waals surface area contributed by atoms with Crippen molar-refractivity contribution in [3.05, 3.63) is 52.2 Å². The van der Waals surface area contributed by atoms with Gasteiger partial charge in [0.15, 0.2) is 0 Å². The lowest BCUT2D eigenvalue weighted by atomic mass is 10.2. The Kier molecular flexibility index (Phi) is 4.81. The molecule has 2 N–H and O–H groups in total. The number of carbonyl (C=O) groups is 2. The van der Waals surface area contributed by atoms with Crippen LogP contribution in [0.15, 0.2) is 41.8 Å². The van der Waals surface area contributed by atoms with E-state index in [1.807, 2.05) is 0 Å². The van der Waals surface area contributed by atoms with Crippen molar-refractivity contribution in [2.24, 2.45) is 0 Å². The Balaban J connectivity index is 1.89. The van der Waals surface area contributed by atoms with Crippen molar-refractivity contribution in [2.75, 3.05) is 5.32 Å². The molecule has 0 aliphatic heterocycles. The Morgan fingerprint density at radius 3 is 2.32 bits per heavy atom. The molecule has 2 amide bonds. The second-order valence-electron chi connectivity index (χ2n) is 4.31. The van der Waals surface area contributed by atoms with Crippen molar-refractivity contribution in [2.45, 2.75) is 12.7 Å². The van der Waals surface area contributed by atoms with Gasteiger partial charge in [-0.25, -0.2) is 0 Å². The van der Waals surface area contributed by atoms with E-state index in [1.165, 1.54) is 35.6 Å². The van der Waals surface area contributed by atoms with Gasteiger partial charge in [0.2, 0.25) is 0 Å². The maximum absolute atomic E-state index is 12.1. The van der Waals surface area contributed by atoms with E-state index in [4.69, 9.17) is 0 Å². The first kappa shape index (κ1) is 16.0. The molecule has 0 saturated heterocycles. The topological polar surface area (TPSA) is 58.2 Å². The number of thiophene rings is 1. The summed E-state index contributed by atoms with van der Waals surface area (Å²) < 4.78 is 36.3. The predicted octanol–water partition coefficient (Wildman–Crippen LogP) is 3.18. The summed E-state index contributed by atoms with van der Waals surface area (Å²) in [6, 6.07) is 9.20. The molecule has 0 radical (unpaired) electrons. The van der Waals surface area contributed by atoms with Crippen LogP contribution in [0.3, 0.4) is 0 Å². The lowest BCUT2D eigenvalue weighted by Gasteiger charge is -2.09. The van der Waals surface area contributed by atoms with E-state index in [-0.39, 0.29) is 18.1 Å². The summed E-state index contributed by atoms with van der Waals surface area (Å²) in [5.74, 6) is -2.24. The highest BCUT2D eigenvalue weighted by Gasteiger charge is 2.38. The summed E-state index contributed by atoms with van der Waals surface area (Å²) in [4.78, 5) is 23.1. The van der Waals surface area contributed by atoms with Crippen molar-refractivity contribution < 1.29 is 22.8 Å². The van der Waals surface area contributed by atoms with Crippen LogP contribution in [-0.2, 0) is 11.3 Å². The number of amides is 2. The fraction of sp³-hybridized carbons (Fsp3) is 0.143. The second-order valence-corrected chi connectivity index (χ2v) is 5.26. The molecule has 2 rings (SSSR count). The monoisotopic (exact) mass is 328 g/mol. The maximum Gasteiger partial charge on any atom is 0.471 e. The first-order chi connectivity index (χ1) is 10.4. The van der Waals surface area contributed by atoms with E-state index in [1.54, 1.807) is 22.8 Å². The fourth-order valence-electron chi connectivity index (χ4n) is 1.59. The summed E-state index contributed by atoms with van der Waals surface area (Å²) in [6.45, 7) is 0.240. The summed E-state index contributed by atoms with van der Waals surface area (Å²) in [7, 11) is 0. The van der Waals surface area contributed by atoms with Crippen molar-refractivity contribution in [3.8, 4) is 0 Å². The molecule has 1 aromatic heterocycles. The SMILES string of the molecule is O=C(NCc1ccc(NC(=O)C(F)(F)F)cc1)c1cccs1. The summed E-state index contributed by atoms with van der Waals surface area (Å²) >= 11 is 1.31. The molecule has 4 nitrogen and oxygen atoms in total. The van der Waals surface area contributed by atoms with E-state index in [0.717, 1.165) is 0 Å². The Morgan fingerprint density at radius 1 is 1.09 bits per heavy atom. The molecule has 1 aromatic carbocycles. The third-order valence-electron chi connectivity index (χ3n) is 2.67. The number of rotatable bonds is 4. The molecule has 1 heterocycles. The number of carbonyl (C=O) groups excluding carboxylic acids is 2. The van der Waals surface area contributed by atoms with Crippen molar-refractivity contribution in [1.82, 2.24) is 5.32 Å². The Hall–Kier alpha value is -2.35. The van der Waals surface area contributed by atoms with Crippen molar-refractivity contribution >= 4 is 28.8 Å². The molecule has 0 unspecified atom stereocenters. The normalized spacial score (nSPS) is 11.0. The van der Waals surface area contributed by atoms with Crippen LogP contribution in [0, 0.1) is 0 Å². The van der Waals surface area contributed by atoms with Crippen LogP contribution in [0.4, 0.5) is 18.9 Å². The Bertz CT molecular complexity index is 652. The fourth-order valence-corrected chi connectivity index (χ4v) is 2.23. The number of nitrogens with one attached hydrogen (secondary N) is 2. The Labute approximate surface area is 128 Å². The molecule has 0 fully saturated rings. The van der Waals surface area contributed by atoms with Gasteiger partial charge >= 0.3 is 12.1 Å². The molecular formula is C14H11F3N2O2S. The molecule has 116 valence electrons. The van der Waals surface area contributed by atoms with Gasteiger partial charge in [0.05, 0.1) is 4.88 Å².